The Labute approximate surface area is 44.7 Å². The van der Waals surface area contributed by atoms with Gasteiger partial charge in [-0.15, -0.1) is 0 Å². The highest BCUT2D eigenvalue weighted by atomic mass is 14.5. The molecule has 0 aromatic heterocycles. The lowest BCUT2D eigenvalue weighted by atomic mass is 10.3. The van der Waals surface area contributed by atoms with Crippen molar-refractivity contribution in [3.05, 3.63) is 0 Å². The Balaban J connectivity index is 0.000000245. The second-order valence-corrected chi connectivity index (χ2v) is 2.69. The molecule has 0 spiro atoms. The molecule has 7 heavy (non-hydrogen) atoms. The second-order valence-electron chi connectivity index (χ2n) is 2.69. The van der Waals surface area contributed by atoms with Gasteiger partial charge in [0.05, 0.1) is 0 Å². The molecular weight excluding hydrogens is 86.1 g/mol. The first kappa shape index (κ1) is 5.10. The van der Waals surface area contributed by atoms with E-state index in [-0.39, 0.29) is 6.15 Å². The fourth-order valence-corrected chi connectivity index (χ4v) is 1.66. The number of hydrogen-bond acceptors (Lipinski definition) is 1. The largest absolute Gasteiger partial charge is 0.344 e. The fraction of sp³-hybridized carbons (Fsp3) is 1.00. The average molecular weight is 99.2 g/mol. The Hall–Kier alpha value is -0.0400. The summed E-state index contributed by atoms with van der Waals surface area (Å²) in [5, 5.41) is 0. The maximum Gasteiger partial charge on any atom is -0.0383 e. The molecule has 0 saturated heterocycles. The van der Waals surface area contributed by atoms with Crippen molar-refractivity contribution in [2.75, 3.05) is 0 Å². The monoisotopic (exact) mass is 99.1 g/mol. The molecule has 2 rings (SSSR count). The molecule has 0 radical (unpaired) electrons. The molecule has 0 bridgehead atoms. The van der Waals surface area contributed by atoms with Crippen molar-refractivity contribution in [1.29, 1.82) is 0 Å². The van der Waals surface area contributed by atoms with E-state index in [1.807, 2.05) is 0 Å². The van der Waals surface area contributed by atoms with Crippen molar-refractivity contribution in [3.8, 4) is 0 Å². The van der Waals surface area contributed by atoms with Crippen molar-refractivity contribution in [3.63, 3.8) is 0 Å². The van der Waals surface area contributed by atoms with Crippen LogP contribution in [0.2, 0.25) is 0 Å². The van der Waals surface area contributed by atoms with Gasteiger partial charge in [0.15, 0.2) is 0 Å². The van der Waals surface area contributed by atoms with Crippen molar-refractivity contribution in [2.45, 2.75) is 25.7 Å². The Morgan fingerprint density at radius 1 is 1.00 bits per heavy atom. The van der Waals surface area contributed by atoms with Crippen LogP contribution in [0.25, 0.3) is 0 Å². The molecule has 1 heteroatoms. The highest BCUT2D eigenvalue weighted by molar-refractivity contribution is 4.91. The highest BCUT2D eigenvalue weighted by Crippen LogP contribution is 2.51. The van der Waals surface area contributed by atoms with Crippen LogP contribution in [0.3, 0.4) is 0 Å². The van der Waals surface area contributed by atoms with E-state index in [1.165, 1.54) is 18.3 Å². The molecule has 2 unspecified atom stereocenters. The molecule has 3 N–H and O–H groups in total. The van der Waals surface area contributed by atoms with Crippen LogP contribution in [0.15, 0.2) is 0 Å². The summed E-state index contributed by atoms with van der Waals surface area (Å²) < 4.78 is 0. The highest BCUT2D eigenvalue weighted by Gasteiger charge is 2.40. The minimum atomic E-state index is 0. The summed E-state index contributed by atoms with van der Waals surface area (Å²) in [7, 11) is 0. The van der Waals surface area contributed by atoms with E-state index in [4.69, 9.17) is 0 Å². The minimum absolute atomic E-state index is 0. The minimum Gasteiger partial charge on any atom is -0.344 e. The van der Waals surface area contributed by atoms with E-state index in [0.717, 1.165) is 0 Å². The van der Waals surface area contributed by atoms with E-state index < -0.39 is 0 Å². The molecule has 1 nitrogen and oxygen atoms in total. The zero-order chi connectivity index (χ0) is 3.98. The van der Waals surface area contributed by atoms with Gasteiger partial charge < -0.3 is 6.15 Å². The normalized spacial score (nSPS) is 44.6. The number of fused-ring (bicyclic) bond motifs is 1. The molecule has 0 aliphatic heterocycles. The predicted molar refractivity (Wildman–Crippen MR) is 30.5 cm³/mol. The van der Waals surface area contributed by atoms with Crippen LogP contribution in [-0.4, -0.2) is 0 Å². The van der Waals surface area contributed by atoms with Gasteiger partial charge in [0.1, 0.15) is 0 Å². The van der Waals surface area contributed by atoms with Crippen molar-refractivity contribution < 1.29 is 0 Å². The average Bonchev–Trinajstić information content (AvgIpc) is 2.17. The Kier molecular flexibility index (Phi) is 1.08. The van der Waals surface area contributed by atoms with Crippen molar-refractivity contribution in [1.82, 2.24) is 6.15 Å². The maximum atomic E-state index is 1.58. The standard InChI is InChI=1S/C6H10.H3N/c1-2-5-4-6(5)3-1;/h5-6H,1-4H2;1H3. The van der Waals surface area contributed by atoms with Crippen molar-refractivity contribution >= 4 is 0 Å². The lowest BCUT2D eigenvalue weighted by Crippen LogP contribution is -1.64. The van der Waals surface area contributed by atoms with Gasteiger partial charge in [-0.1, -0.05) is 19.3 Å². The molecule has 2 aliphatic carbocycles. The number of rotatable bonds is 0. The van der Waals surface area contributed by atoms with Crippen LogP contribution in [0.4, 0.5) is 0 Å². The number of hydrogen-bond donors (Lipinski definition) is 1. The second kappa shape index (κ2) is 1.48. The van der Waals surface area contributed by atoms with Crippen LogP contribution in [0.1, 0.15) is 25.7 Å². The molecule has 0 heterocycles. The zero-order valence-electron chi connectivity index (χ0n) is 4.69. The summed E-state index contributed by atoms with van der Waals surface area (Å²) >= 11 is 0. The van der Waals surface area contributed by atoms with E-state index in [9.17, 15) is 0 Å². The maximum absolute atomic E-state index is 1.58. The van der Waals surface area contributed by atoms with Crippen molar-refractivity contribution in [2.24, 2.45) is 11.8 Å². The first-order chi connectivity index (χ1) is 2.97. The summed E-state index contributed by atoms with van der Waals surface area (Å²) in [5.74, 6) is 2.43. The van der Waals surface area contributed by atoms with Crippen LogP contribution in [-0.2, 0) is 0 Å². The topological polar surface area (TPSA) is 35.0 Å². The van der Waals surface area contributed by atoms with Crippen LogP contribution >= 0.6 is 0 Å². The molecule has 0 aromatic carbocycles. The quantitative estimate of drug-likeness (QED) is 0.495. The van der Waals surface area contributed by atoms with Gasteiger partial charge in [-0.05, 0) is 18.3 Å². The summed E-state index contributed by atoms with van der Waals surface area (Å²) in [4.78, 5) is 0. The van der Waals surface area contributed by atoms with E-state index >= 15 is 0 Å². The Morgan fingerprint density at radius 2 is 1.57 bits per heavy atom. The molecular formula is C6H13N. The van der Waals surface area contributed by atoms with Gasteiger partial charge in [-0.3, -0.25) is 0 Å². The molecule has 2 saturated carbocycles. The lowest BCUT2D eigenvalue weighted by Gasteiger charge is -1.80. The molecule has 2 atom stereocenters. The molecule has 0 amide bonds. The van der Waals surface area contributed by atoms with Crippen LogP contribution in [0.5, 0.6) is 0 Å². The molecule has 2 fully saturated rings. The Morgan fingerprint density at radius 3 is 1.71 bits per heavy atom. The van der Waals surface area contributed by atoms with E-state index in [2.05, 4.69) is 0 Å². The third kappa shape index (κ3) is 0.653. The van der Waals surface area contributed by atoms with Crippen LogP contribution < -0.4 is 6.15 Å². The Bertz CT molecular complexity index is 62.6. The first-order valence-electron chi connectivity index (χ1n) is 2.97. The lowest BCUT2D eigenvalue weighted by molar-refractivity contribution is 0.735. The summed E-state index contributed by atoms with van der Waals surface area (Å²) in [6.07, 6.45) is 6.24. The molecule has 2 aliphatic rings. The van der Waals surface area contributed by atoms with Crippen LogP contribution in [0, 0.1) is 11.8 Å². The zero-order valence-corrected chi connectivity index (χ0v) is 4.69. The summed E-state index contributed by atoms with van der Waals surface area (Å²) in [6.45, 7) is 0. The summed E-state index contributed by atoms with van der Waals surface area (Å²) in [5.41, 5.74) is 0. The van der Waals surface area contributed by atoms with E-state index in [1.54, 1.807) is 19.3 Å². The predicted octanol–water partition coefficient (Wildman–Crippen LogP) is 1.97. The van der Waals surface area contributed by atoms with Gasteiger partial charge in [0, 0.05) is 0 Å². The van der Waals surface area contributed by atoms with Gasteiger partial charge in [0.2, 0.25) is 0 Å². The fourth-order valence-electron chi connectivity index (χ4n) is 1.66. The van der Waals surface area contributed by atoms with Gasteiger partial charge in [-0.2, -0.15) is 0 Å². The molecule has 42 valence electrons. The smallest absolute Gasteiger partial charge is 0.0383 e. The molecule has 0 aromatic rings. The van der Waals surface area contributed by atoms with Gasteiger partial charge in [-0.25, -0.2) is 0 Å². The summed E-state index contributed by atoms with van der Waals surface area (Å²) in [6, 6.07) is 0. The van der Waals surface area contributed by atoms with E-state index in [0.29, 0.717) is 0 Å². The SMILES string of the molecule is C1CC2CC2C1.N. The van der Waals surface area contributed by atoms with Gasteiger partial charge >= 0.3 is 0 Å². The van der Waals surface area contributed by atoms with Gasteiger partial charge in [0.25, 0.3) is 0 Å². The first-order valence-corrected chi connectivity index (χ1v) is 2.97. The third-order valence-electron chi connectivity index (χ3n) is 2.22. The third-order valence-corrected chi connectivity index (χ3v) is 2.22.